The van der Waals surface area contributed by atoms with Crippen molar-refractivity contribution in [3.8, 4) is 23.7 Å². The van der Waals surface area contributed by atoms with Gasteiger partial charge in [0.15, 0.2) is 0 Å². The van der Waals surface area contributed by atoms with Gasteiger partial charge in [0.1, 0.15) is 5.78 Å². The molecule has 0 bridgehead atoms. The number of benzene rings is 1. The summed E-state index contributed by atoms with van der Waals surface area (Å²) in [7, 11) is 0. The number of hydrogen-bond acceptors (Lipinski definition) is 1. The summed E-state index contributed by atoms with van der Waals surface area (Å²) in [6, 6.07) is 10.0. The summed E-state index contributed by atoms with van der Waals surface area (Å²) in [5.41, 5.74) is 1.10. The molecule has 1 rings (SSSR count). The largest absolute Gasteiger partial charge is 0.299 e. The minimum Gasteiger partial charge on any atom is -0.299 e. The van der Waals surface area contributed by atoms with Crippen LogP contribution in [0.25, 0.3) is 0 Å². The van der Waals surface area contributed by atoms with E-state index in [1.165, 1.54) is 0 Å². The molecule has 0 radical (unpaired) electrons. The molecule has 0 aliphatic rings. The monoisotopic (exact) mass is 266 g/mol. The van der Waals surface area contributed by atoms with Crippen LogP contribution in [0.15, 0.2) is 30.3 Å². The predicted octanol–water partition coefficient (Wildman–Crippen LogP) is 4.19. The van der Waals surface area contributed by atoms with Crippen LogP contribution in [0, 0.1) is 29.6 Å². The van der Waals surface area contributed by atoms with E-state index >= 15 is 0 Å². The Hall–Kier alpha value is -1.99. The third-order valence-corrected chi connectivity index (χ3v) is 3.08. The Bertz CT molecular complexity index is 532. The first-order chi connectivity index (χ1) is 9.66. The molecule has 20 heavy (non-hydrogen) atoms. The number of hydrogen-bond donors (Lipinski definition) is 0. The molecule has 0 aromatic heterocycles. The van der Waals surface area contributed by atoms with Crippen LogP contribution in [0.5, 0.6) is 0 Å². The van der Waals surface area contributed by atoms with Crippen molar-refractivity contribution in [2.24, 2.45) is 5.92 Å². The highest BCUT2D eigenvalue weighted by Crippen LogP contribution is 2.26. The van der Waals surface area contributed by atoms with Crippen molar-refractivity contribution < 1.29 is 4.79 Å². The standard InChI is InChI=1S/C19H22O/c1-4-5-6-7-8-12-15-18(20)19(16(2)3)17-13-10-9-11-14-17/h9-11,13-14,16,19H,4,12,15H2,1-3H3. The van der Waals surface area contributed by atoms with Gasteiger partial charge >= 0.3 is 0 Å². The van der Waals surface area contributed by atoms with Gasteiger partial charge in [-0.25, -0.2) is 0 Å². The third-order valence-electron chi connectivity index (χ3n) is 3.08. The summed E-state index contributed by atoms with van der Waals surface area (Å²) in [5, 5.41) is 0. The van der Waals surface area contributed by atoms with Crippen molar-refractivity contribution in [3.05, 3.63) is 35.9 Å². The molecule has 1 heteroatoms. The van der Waals surface area contributed by atoms with Crippen LogP contribution in [0.1, 0.15) is 51.5 Å². The molecular weight excluding hydrogens is 244 g/mol. The zero-order valence-corrected chi connectivity index (χ0v) is 12.6. The molecule has 0 heterocycles. The SMILES string of the molecule is CCC#CC#CCCC(=O)C(c1ccccc1)C(C)C. The van der Waals surface area contributed by atoms with Crippen LogP contribution in [-0.2, 0) is 4.79 Å². The first-order valence-corrected chi connectivity index (χ1v) is 7.20. The lowest BCUT2D eigenvalue weighted by Crippen LogP contribution is -2.17. The molecule has 0 saturated carbocycles. The van der Waals surface area contributed by atoms with Crippen molar-refractivity contribution in [2.45, 2.75) is 46.0 Å². The highest BCUT2D eigenvalue weighted by atomic mass is 16.1. The van der Waals surface area contributed by atoms with Crippen molar-refractivity contribution in [2.75, 3.05) is 0 Å². The maximum Gasteiger partial charge on any atom is 0.141 e. The van der Waals surface area contributed by atoms with Gasteiger partial charge in [-0.05, 0) is 23.3 Å². The number of ketones is 1. The third kappa shape index (κ3) is 5.33. The van der Waals surface area contributed by atoms with Crippen LogP contribution >= 0.6 is 0 Å². The van der Waals surface area contributed by atoms with Crippen LogP contribution in [0.3, 0.4) is 0 Å². The van der Waals surface area contributed by atoms with Crippen LogP contribution in [0.4, 0.5) is 0 Å². The normalized spacial score (nSPS) is 11.0. The maximum atomic E-state index is 12.4. The molecule has 0 saturated heterocycles. The van der Waals surface area contributed by atoms with E-state index in [9.17, 15) is 4.79 Å². The molecule has 1 unspecified atom stereocenters. The summed E-state index contributed by atoms with van der Waals surface area (Å²) in [5.74, 6) is 11.9. The molecule has 0 aliphatic heterocycles. The molecule has 1 aromatic rings. The molecule has 1 aromatic carbocycles. The molecule has 1 nitrogen and oxygen atoms in total. The van der Waals surface area contributed by atoms with E-state index in [1.807, 2.05) is 37.3 Å². The van der Waals surface area contributed by atoms with Crippen molar-refractivity contribution in [1.29, 1.82) is 0 Å². The van der Waals surface area contributed by atoms with E-state index in [0.717, 1.165) is 12.0 Å². The zero-order valence-electron chi connectivity index (χ0n) is 12.6. The van der Waals surface area contributed by atoms with E-state index in [-0.39, 0.29) is 11.7 Å². The number of carbonyl (C=O) groups excluding carboxylic acids is 1. The Morgan fingerprint density at radius 3 is 2.35 bits per heavy atom. The lowest BCUT2D eigenvalue weighted by atomic mass is 9.83. The number of carbonyl (C=O) groups is 1. The van der Waals surface area contributed by atoms with Gasteiger partial charge in [0.2, 0.25) is 0 Å². The highest BCUT2D eigenvalue weighted by Gasteiger charge is 2.22. The van der Waals surface area contributed by atoms with Gasteiger partial charge in [0.05, 0.1) is 0 Å². The fourth-order valence-corrected chi connectivity index (χ4v) is 2.18. The summed E-state index contributed by atoms with van der Waals surface area (Å²) < 4.78 is 0. The lowest BCUT2D eigenvalue weighted by Gasteiger charge is -2.19. The van der Waals surface area contributed by atoms with E-state index in [4.69, 9.17) is 0 Å². The zero-order chi connectivity index (χ0) is 14.8. The van der Waals surface area contributed by atoms with Crippen LogP contribution < -0.4 is 0 Å². The van der Waals surface area contributed by atoms with E-state index in [0.29, 0.717) is 18.8 Å². The smallest absolute Gasteiger partial charge is 0.141 e. The molecule has 104 valence electrons. The maximum absolute atomic E-state index is 12.4. The summed E-state index contributed by atoms with van der Waals surface area (Å²) in [6.45, 7) is 6.17. The number of Topliss-reactive ketones (excluding diaryl/α,β-unsaturated/α-hetero) is 1. The Balaban J connectivity index is 2.64. The second-order valence-corrected chi connectivity index (χ2v) is 5.06. The molecular formula is C19H22O. The average Bonchev–Trinajstić information content (AvgIpc) is 2.43. The van der Waals surface area contributed by atoms with E-state index < -0.39 is 0 Å². The molecule has 0 spiro atoms. The topological polar surface area (TPSA) is 17.1 Å². The quantitative estimate of drug-likeness (QED) is 0.730. The Morgan fingerprint density at radius 2 is 1.75 bits per heavy atom. The van der Waals surface area contributed by atoms with Crippen LogP contribution in [0.2, 0.25) is 0 Å². The molecule has 1 atom stereocenters. The Kier molecular flexibility index (Phi) is 7.23. The first-order valence-electron chi connectivity index (χ1n) is 7.20. The fourth-order valence-electron chi connectivity index (χ4n) is 2.18. The number of rotatable bonds is 5. The van der Waals surface area contributed by atoms with Gasteiger partial charge < -0.3 is 0 Å². The van der Waals surface area contributed by atoms with Crippen LogP contribution in [-0.4, -0.2) is 5.78 Å². The van der Waals surface area contributed by atoms with Gasteiger partial charge in [-0.3, -0.25) is 4.79 Å². The van der Waals surface area contributed by atoms with Crippen molar-refractivity contribution >= 4 is 5.78 Å². The molecule has 0 fully saturated rings. The molecule has 0 amide bonds. The summed E-state index contributed by atoms with van der Waals surface area (Å²) in [4.78, 5) is 12.4. The first kappa shape index (κ1) is 16.1. The van der Waals surface area contributed by atoms with Crippen molar-refractivity contribution in [1.82, 2.24) is 0 Å². The lowest BCUT2D eigenvalue weighted by molar-refractivity contribution is -0.121. The molecule has 0 aliphatic carbocycles. The van der Waals surface area contributed by atoms with E-state index in [1.54, 1.807) is 0 Å². The predicted molar refractivity (Wildman–Crippen MR) is 84.1 cm³/mol. The van der Waals surface area contributed by atoms with E-state index in [2.05, 4.69) is 37.5 Å². The molecule has 0 N–H and O–H groups in total. The van der Waals surface area contributed by atoms with Gasteiger partial charge in [0, 0.05) is 25.2 Å². The minimum absolute atomic E-state index is 0.0280. The van der Waals surface area contributed by atoms with Gasteiger partial charge in [-0.1, -0.05) is 62.9 Å². The fraction of sp³-hybridized carbons (Fsp3) is 0.421. The van der Waals surface area contributed by atoms with Gasteiger partial charge in [-0.2, -0.15) is 0 Å². The summed E-state index contributed by atoms with van der Waals surface area (Å²) >= 11 is 0. The summed E-state index contributed by atoms with van der Waals surface area (Å²) in [6.07, 6.45) is 1.91. The second kappa shape index (κ2) is 9.00. The minimum atomic E-state index is -0.0280. The average molecular weight is 266 g/mol. The highest BCUT2D eigenvalue weighted by molar-refractivity contribution is 5.86. The van der Waals surface area contributed by atoms with Crippen molar-refractivity contribution in [3.63, 3.8) is 0 Å². The Morgan fingerprint density at radius 1 is 1.10 bits per heavy atom. The van der Waals surface area contributed by atoms with Gasteiger partial charge in [-0.15, -0.1) is 0 Å². The van der Waals surface area contributed by atoms with Gasteiger partial charge in [0.25, 0.3) is 0 Å². The second-order valence-electron chi connectivity index (χ2n) is 5.06. The Labute approximate surface area is 122 Å².